The Morgan fingerprint density at radius 1 is 1.17 bits per heavy atom. The van der Waals surface area contributed by atoms with Crippen LogP contribution in [0.4, 0.5) is 4.39 Å². The number of hydrogen-bond acceptors (Lipinski definition) is 1. The maximum Gasteiger partial charge on any atom is 0.191 e. The number of rotatable bonds is 5. The Morgan fingerprint density at radius 2 is 2.00 bits per heavy atom. The SMILES string of the molecule is CCNC(=NCc1cccc(F)c1)NC1CC1c1ccccc1. The maximum absolute atomic E-state index is 13.2. The molecule has 0 aliphatic heterocycles. The van der Waals surface area contributed by atoms with Crippen molar-refractivity contribution in [3.8, 4) is 0 Å². The Morgan fingerprint density at radius 3 is 2.74 bits per heavy atom. The number of benzene rings is 2. The Kier molecular flexibility index (Phi) is 4.91. The fourth-order valence-electron chi connectivity index (χ4n) is 2.72. The quantitative estimate of drug-likeness (QED) is 0.655. The van der Waals surface area contributed by atoms with E-state index in [1.165, 1.54) is 17.7 Å². The van der Waals surface area contributed by atoms with Crippen molar-refractivity contribution in [1.82, 2.24) is 10.6 Å². The molecule has 3 rings (SSSR count). The van der Waals surface area contributed by atoms with Crippen LogP contribution in [0.15, 0.2) is 59.6 Å². The van der Waals surface area contributed by atoms with Gasteiger partial charge in [-0.05, 0) is 36.6 Å². The summed E-state index contributed by atoms with van der Waals surface area (Å²) in [7, 11) is 0. The van der Waals surface area contributed by atoms with Gasteiger partial charge in [-0.2, -0.15) is 0 Å². The van der Waals surface area contributed by atoms with Gasteiger partial charge in [0.15, 0.2) is 5.96 Å². The molecule has 2 aromatic rings. The van der Waals surface area contributed by atoms with Crippen molar-refractivity contribution in [3.05, 3.63) is 71.5 Å². The van der Waals surface area contributed by atoms with Crippen LogP contribution in [0.1, 0.15) is 30.4 Å². The van der Waals surface area contributed by atoms with Gasteiger partial charge in [0.2, 0.25) is 0 Å². The minimum Gasteiger partial charge on any atom is -0.357 e. The lowest BCUT2D eigenvalue weighted by Gasteiger charge is -2.11. The highest BCUT2D eigenvalue weighted by Gasteiger charge is 2.38. The van der Waals surface area contributed by atoms with E-state index in [1.54, 1.807) is 6.07 Å². The number of nitrogens with zero attached hydrogens (tertiary/aromatic N) is 1. The van der Waals surface area contributed by atoms with Gasteiger partial charge in [0.1, 0.15) is 5.82 Å². The predicted molar refractivity (Wildman–Crippen MR) is 91.9 cm³/mol. The first-order valence-corrected chi connectivity index (χ1v) is 8.10. The molecule has 2 unspecified atom stereocenters. The van der Waals surface area contributed by atoms with Crippen LogP contribution in [0.2, 0.25) is 0 Å². The normalized spacial score (nSPS) is 20.2. The van der Waals surface area contributed by atoms with Crippen LogP contribution < -0.4 is 10.6 Å². The van der Waals surface area contributed by atoms with Crippen molar-refractivity contribution < 1.29 is 4.39 Å². The van der Waals surface area contributed by atoms with E-state index in [0.29, 0.717) is 18.5 Å². The first kappa shape index (κ1) is 15.5. The van der Waals surface area contributed by atoms with Gasteiger partial charge in [-0.15, -0.1) is 0 Å². The molecule has 0 heterocycles. The van der Waals surface area contributed by atoms with Gasteiger partial charge in [-0.25, -0.2) is 9.38 Å². The first-order chi connectivity index (χ1) is 11.3. The average Bonchev–Trinajstić information content (AvgIpc) is 3.33. The Balaban J connectivity index is 1.60. The van der Waals surface area contributed by atoms with Crippen molar-refractivity contribution in [1.29, 1.82) is 0 Å². The van der Waals surface area contributed by atoms with E-state index in [2.05, 4.69) is 39.9 Å². The van der Waals surface area contributed by atoms with E-state index in [0.717, 1.165) is 24.5 Å². The molecule has 2 N–H and O–H groups in total. The van der Waals surface area contributed by atoms with Crippen LogP contribution >= 0.6 is 0 Å². The highest BCUT2D eigenvalue weighted by Crippen LogP contribution is 2.40. The summed E-state index contributed by atoms with van der Waals surface area (Å²) in [5, 5.41) is 6.73. The van der Waals surface area contributed by atoms with E-state index in [9.17, 15) is 4.39 Å². The average molecular weight is 311 g/mol. The minimum atomic E-state index is -0.220. The maximum atomic E-state index is 13.2. The van der Waals surface area contributed by atoms with Crippen LogP contribution in [0.5, 0.6) is 0 Å². The van der Waals surface area contributed by atoms with Gasteiger partial charge in [-0.3, -0.25) is 0 Å². The van der Waals surface area contributed by atoms with E-state index in [4.69, 9.17) is 0 Å². The van der Waals surface area contributed by atoms with Gasteiger partial charge in [0, 0.05) is 18.5 Å². The summed E-state index contributed by atoms with van der Waals surface area (Å²) in [5.74, 6) is 1.12. The number of nitrogens with one attached hydrogen (secondary N) is 2. The third kappa shape index (κ3) is 4.31. The molecule has 2 aromatic carbocycles. The molecule has 0 spiro atoms. The summed E-state index contributed by atoms with van der Waals surface area (Å²) in [4.78, 5) is 4.56. The molecule has 0 saturated heterocycles. The van der Waals surface area contributed by atoms with Gasteiger partial charge < -0.3 is 10.6 Å². The predicted octanol–water partition coefficient (Wildman–Crippen LogP) is 3.44. The number of halogens is 1. The number of guanidine groups is 1. The molecule has 0 radical (unpaired) electrons. The van der Waals surface area contributed by atoms with Gasteiger partial charge in [-0.1, -0.05) is 42.5 Å². The summed E-state index contributed by atoms with van der Waals surface area (Å²) in [5.41, 5.74) is 2.24. The van der Waals surface area contributed by atoms with Crippen molar-refractivity contribution in [2.45, 2.75) is 31.8 Å². The third-order valence-electron chi connectivity index (χ3n) is 3.99. The molecule has 0 amide bonds. The van der Waals surface area contributed by atoms with E-state index < -0.39 is 0 Å². The third-order valence-corrected chi connectivity index (χ3v) is 3.99. The summed E-state index contributed by atoms with van der Waals surface area (Å²) in [6.45, 7) is 3.31. The Hall–Kier alpha value is -2.36. The Labute approximate surface area is 136 Å². The van der Waals surface area contributed by atoms with E-state index in [1.807, 2.05) is 19.1 Å². The lowest BCUT2D eigenvalue weighted by Crippen LogP contribution is -2.39. The minimum absolute atomic E-state index is 0.220. The summed E-state index contributed by atoms with van der Waals surface area (Å²) in [6, 6.07) is 17.5. The molecule has 3 nitrogen and oxygen atoms in total. The lowest BCUT2D eigenvalue weighted by molar-refractivity contribution is 0.625. The van der Waals surface area contributed by atoms with Gasteiger partial charge in [0.05, 0.1) is 6.54 Å². The first-order valence-electron chi connectivity index (χ1n) is 8.10. The zero-order valence-electron chi connectivity index (χ0n) is 13.3. The summed E-state index contributed by atoms with van der Waals surface area (Å²) in [6.07, 6.45) is 1.12. The fourth-order valence-corrected chi connectivity index (χ4v) is 2.72. The van der Waals surface area contributed by atoms with Gasteiger partial charge >= 0.3 is 0 Å². The van der Waals surface area contributed by atoms with Crippen LogP contribution in [-0.2, 0) is 6.54 Å². The second-order valence-electron chi connectivity index (χ2n) is 5.83. The van der Waals surface area contributed by atoms with Crippen molar-refractivity contribution >= 4 is 5.96 Å². The topological polar surface area (TPSA) is 36.4 Å². The van der Waals surface area contributed by atoms with Crippen LogP contribution in [0.25, 0.3) is 0 Å². The molecular weight excluding hydrogens is 289 g/mol. The highest BCUT2D eigenvalue weighted by molar-refractivity contribution is 5.80. The molecule has 0 aromatic heterocycles. The summed E-state index contributed by atoms with van der Waals surface area (Å²) >= 11 is 0. The van der Waals surface area contributed by atoms with Crippen molar-refractivity contribution in [2.24, 2.45) is 4.99 Å². The molecule has 1 fully saturated rings. The molecule has 4 heteroatoms. The van der Waals surface area contributed by atoms with Crippen molar-refractivity contribution in [2.75, 3.05) is 6.54 Å². The van der Waals surface area contributed by atoms with Crippen molar-refractivity contribution in [3.63, 3.8) is 0 Å². The zero-order chi connectivity index (χ0) is 16.1. The molecule has 23 heavy (non-hydrogen) atoms. The van der Waals surface area contributed by atoms with Crippen LogP contribution in [0, 0.1) is 5.82 Å². The molecule has 0 bridgehead atoms. The second kappa shape index (κ2) is 7.27. The smallest absolute Gasteiger partial charge is 0.191 e. The number of hydrogen-bond donors (Lipinski definition) is 2. The zero-order valence-corrected chi connectivity index (χ0v) is 13.3. The van der Waals surface area contributed by atoms with Gasteiger partial charge in [0.25, 0.3) is 0 Å². The second-order valence-corrected chi connectivity index (χ2v) is 5.83. The Bertz CT molecular complexity index is 669. The molecular formula is C19H22FN3. The van der Waals surface area contributed by atoms with E-state index >= 15 is 0 Å². The fraction of sp³-hybridized carbons (Fsp3) is 0.316. The van der Waals surface area contributed by atoms with Crippen LogP contribution in [0.3, 0.4) is 0 Å². The number of aliphatic imine (C=N–C) groups is 1. The molecule has 120 valence electrons. The summed E-state index contributed by atoms with van der Waals surface area (Å²) < 4.78 is 13.2. The molecule has 1 aliphatic rings. The molecule has 2 atom stereocenters. The lowest BCUT2D eigenvalue weighted by atomic mass is 10.1. The van der Waals surface area contributed by atoms with Crippen LogP contribution in [-0.4, -0.2) is 18.5 Å². The standard InChI is InChI=1S/C19H22FN3/c1-2-21-19(22-13-14-7-6-10-16(20)11-14)23-18-12-17(18)15-8-4-3-5-9-15/h3-11,17-18H,2,12-13H2,1H3,(H2,21,22,23). The molecule has 1 saturated carbocycles. The highest BCUT2D eigenvalue weighted by atomic mass is 19.1. The molecule has 1 aliphatic carbocycles. The monoisotopic (exact) mass is 311 g/mol. The van der Waals surface area contributed by atoms with E-state index in [-0.39, 0.29) is 5.82 Å². The largest absolute Gasteiger partial charge is 0.357 e.